The summed E-state index contributed by atoms with van der Waals surface area (Å²) in [6, 6.07) is 2.76. The number of nitrogens with zero attached hydrogens (tertiary/aromatic N) is 2. The highest BCUT2D eigenvalue weighted by Crippen LogP contribution is 2.22. The molecule has 0 saturated carbocycles. The number of nitrogens with two attached hydrogens (primary N) is 1. The van der Waals surface area contributed by atoms with Crippen molar-refractivity contribution in [1.82, 2.24) is 10.1 Å². The minimum atomic E-state index is -0.401. The fraction of sp³-hybridized carbons (Fsp3) is 0. The molecule has 2 aromatic rings. The van der Waals surface area contributed by atoms with Crippen molar-refractivity contribution in [2.75, 3.05) is 5.73 Å². The standard InChI is InChI=1S/C8H6FN3O/c9-5-1-2-7(11-3-5)8-6(10)4-12-13-8/h1-4H,10H2. The van der Waals surface area contributed by atoms with Gasteiger partial charge in [-0.2, -0.15) is 0 Å². The van der Waals surface area contributed by atoms with Gasteiger partial charge in [-0.05, 0) is 12.1 Å². The molecule has 66 valence electrons. The van der Waals surface area contributed by atoms with Gasteiger partial charge in [0.2, 0.25) is 5.76 Å². The van der Waals surface area contributed by atoms with Crippen LogP contribution in [0.5, 0.6) is 0 Å². The third-order valence-electron chi connectivity index (χ3n) is 1.56. The Morgan fingerprint density at radius 1 is 1.31 bits per heavy atom. The molecule has 0 atom stereocenters. The maximum atomic E-state index is 12.5. The van der Waals surface area contributed by atoms with Crippen molar-refractivity contribution in [2.45, 2.75) is 0 Å². The lowest BCUT2D eigenvalue weighted by Crippen LogP contribution is -1.87. The minimum Gasteiger partial charge on any atom is -0.394 e. The van der Waals surface area contributed by atoms with Gasteiger partial charge in [0.15, 0.2) is 0 Å². The van der Waals surface area contributed by atoms with E-state index in [1.807, 2.05) is 0 Å². The summed E-state index contributed by atoms with van der Waals surface area (Å²) in [5.41, 5.74) is 6.38. The molecule has 2 aromatic heterocycles. The van der Waals surface area contributed by atoms with Crippen LogP contribution in [0, 0.1) is 5.82 Å². The van der Waals surface area contributed by atoms with Crippen LogP contribution < -0.4 is 5.73 Å². The molecule has 0 unspecified atom stereocenters. The summed E-state index contributed by atoms with van der Waals surface area (Å²) in [6.45, 7) is 0. The number of hydrogen-bond acceptors (Lipinski definition) is 4. The van der Waals surface area contributed by atoms with Gasteiger partial charge in [0, 0.05) is 0 Å². The average molecular weight is 179 g/mol. The molecule has 2 N–H and O–H groups in total. The van der Waals surface area contributed by atoms with Crippen molar-refractivity contribution in [3.63, 3.8) is 0 Å². The molecule has 0 aliphatic carbocycles. The van der Waals surface area contributed by atoms with E-state index < -0.39 is 5.82 Å². The molecular weight excluding hydrogens is 173 g/mol. The Morgan fingerprint density at radius 2 is 2.15 bits per heavy atom. The molecule has 5 heteroatoms. The van der Waals surface area contributed by atoms with Crippen LogP contribution >= 0.6 is 0 Å². The van der Waals surface area contributed by atoms with Crippen molar-refractivity contribution < 1.29 is 8.91 Å². The molecule has 0 aromatic carbocycles. The zero-order valence-corrected chi connectivity index (χ0v) is 6.57. The van der Waals surface area contributed by atoms with E-state index in [2.05, 4.69) is 10.1 Å². The van der Waals surface area contributed by atoms with Crippen LogP contribution in [-0.4, -0.2) is 10.1 Å². The van der Waals surface area contributed by atoms with Gasteiger partial charge in [0.05, 0.1) is 12.4 Å². The molecule has 0 amide bonds. The van der Waals surface area contributed by atoms with Gasteiger partial charge < -0.3 is 10.3 Å². The summed E-state index contributed by atoms with van der Waals surface area (Å²) in [7, 11) is 0. The van der Waals surface area contributed by atoms with Gasteiger partial charge in [-0.1, -0.05) is 5.16 Å². The summed E-state index contributed by atoms with van der Waals surface area (Å²) in [5.74, 6) is -0.0400. The molecule has 0 saturated heterocycles. The summed E-state index contributed by atoms with van der Waals surface area (Å²) in [5, 5.41) is 3.49. The van der Waals surface area contributed by atoms with Crippen LogP contribution in [0.2, 0.25) is 0 Å². The van der Waals surface area contributed by atoms with Gasteiger partial charge >= 0.3 is 0 Å². The van der Waals surface area contributed by atoms with Gasteiger partial charge in [0.25, 0.3) is 0 Å². The van der Waals surface area contributed by atoms with Gasteiger partial charge in [-0.25, -0.2) is 9.37 Å². The average Bonchev–Trinajstić information content (AvgIpc) is 2.53. The number of hydrogen-bond donors (Lipinski definition) is 1. The van der Waals surface area contributed by atoms with Crippen LogP contribution in [0.15, 0.2) is 29.0 Å². The predicted molar refractivity (Wildman–Crippen MR) is 44.1 cm³/mol. The number of anilines is 1. The fourth-order valence-corrected chi connectivity index (χ4v) is 0.952. The third-order valence-corrected chi connectivity index (χ3v) is 1.56. The zero-order chi connectivity index (χ0) is 9.26. The zero-order valence-electron chi connectivity index (χ0n) is 6.57. The van der Waals surface area contributed by atoms with E-state index in [1.165, 1.54) is 18.3 Å². The van der Waals surface area contributed by atoms with Crippen molar-refractivity contribution in [3.8, 4) is 11.5 Å². The van der Waals surface area contributed by atoms with E-state index in [0.29, 0.717) is 17.1 Å². The predicted octanol–water partition coefficient (Wildman–Crippen LogP) is 1.46. The summed E-state index contributed by atoms with van der Waals surface area (Å²) in [4.78, 5) is 3.79. The topological polar surface area (TPSA) is 64.9 Å². The first-order valence-corrected chi connectivity index (χ1v) is 3.59. The third kappa shape index (κ3) is 1.35. The number of aromatic nitrogens is 2. The van der Waals surface area contributed by atoms with Crippen LogP contribution in [0.25, 0.3) is 11.5 Å². The van der Waals surface area contributed by atoms with Gasteiger partial charge in [-0.15, -0.1) is 0 Å². The second-order valence-electron chi connectivity index (χ2n) is 2.47. The van der Waals surface area contributed by atoms with Crippen LogP contribution in [0.3, 0.4) is 0 Å². The highest BCUT2D eigenvalue weighted by molar-refractivity contribution is 5.66. The molecule has 2 heterocycles. The van der Waals surface area contributed by atoms with E-state index >= 15 is 0 Å². The molecule has 0 bridgehead atoms. The van der Waals surface area contributed by atoms with Crippen molar-refractivity contribution in [1.29, 1.82) is 0 Å². The highest BCUT2D eigenvalue weighted by Gasteiger charge is 2.08. The Morgan fingerprint density at radius 3 is 2.69 bits per heavy atom. The van der Waals surface area contributed by atoms with Crippen molar-refractivity contribution in [3.05, 3.63) is 30.3 Å². The van der Waals surface area contributed by atoms with Crippen LogP contribution in [-0.2, 0) is 0 Å². The van der Waals surface area contributed by atoms with Crippen molar-refractivity contribution in [2.24, 2.45) is 0 Å². The molecule has 0 aliphatic rings. The summed E-state index contributed by atoms with van der Waals surface area (Å²) >= 11 is 0. The lowest BCUT2D eigenvalue weighted by atomic mass is 10.2. The first kappa shape index (κ1) is 7.72. The smallest absolute Gasteiger partial charge is 0.208 e. The van der Waals surface area contributed by atoms with E-state index in [0.717, 1.165) is 6.20 Å². The highest BCUT2D eigenvalue weighted by atomic mass is 19.1. The SMILES string of the molecule is Nc1cnoc1-c1ccc(F)cn1. The van der Waals surface area contributed by atoms with Crippen LogP contribution in [0.1, 0.15) is 0 Å². The number of halogens is 1. The normalized spacial score (nSPS) is 10.2. The fourth-order valence-electron chi connectivity index (χ4n) is 0.952. The monoisotopic (exact) mass is 179 g/mol. The Balaban J connectivity index is 2.47. The van der Waals surface area contributed by atoms with E-state index in [-0.39, 0.29) is 0 Å². The lowest BCUT2D eigenvalue weighted by Gasteiger charge is -1.94. The Bertz CT molecular complexity index is 410. The van der Waals surface area contributed by atoms with E-state index in [4.69, 9.17) is 10.3 Å². The maximum absolute atomic E-state index is 12.5. The second-order valence-corrected chi connectivity index (χ2v) is 2.47. The largest absolute Gasteiger partial charge is 0.394 e. The molecule has 0 fully saturated rings. The van der Waals surface area contributed by atoms with Gasteiger partial charge in [0.1, 0.15) is 17.2 Å². The number of rotatable bonds is 1. The number of nitrogen functional groups attached to an aromatic ring is 1. The first-order chi connectivity index (χ1) is 6.27. The molecular formula is C8H6FN3O. The summed E-state index contributed by atoms with van der Waals surface area (Å²) < 4.78 is 17.3. The summed E-state index contributed by atoms with van der Waals surface area (Å²) in [6.07, 6.45) is 2.47. The number of pyridine rings is 1. The maximum Gasteiger partial charge on any atom is 0.208 e. The van der Waals surface area contributed by atoms with Crippen LogP contribution in [0.4, 0.5) is 10.1 Å². The lowest BCUT2D eigenvalue weighted by molar-refractivity contribution is 0.431. The Kier molecular flexibility index (Phi) is 1.70. The molecule has 0 radical (unpaired) electrons. The van der Waals surface area contributed by atoms with Crippen molar-refractivity contribution >= 4 is 5.69 Å². The minimum absolute atomic E-state index is 0.361. The molecule has 2 rings (SSSR count). The van der Waals surface area contributed by atoms with E-state index in [1.54, 1.807) is 0 Å². The first-order valence-electron chi connectivity index (χ1n) is 3.59. The second kappa shape index (κ2) is 2.85. The Hall–Kier alpha value is -1.91. The molecule has 13 heavy (non-hydrogen) atoms. The molecule has 4 nitrogen and oxygen atoms in total. The quantitative estimate of drug-likeness (QED) is 0.719. The van der Waals surface area contributed by atoms with Gasteiger partial charge in [-0.3, -0.25) is 0 Å². The van der Waals surface area contributed by atoms with E-state index in [9.17, 15) is 4.39 Å². The Labute approximate surface area is 73.2 Å². The molecule has 0 aliphatic heterocycles. The molecule has 0 spiro atoms.